The average Bonchev–Trinajstić information content (AvgIpc) is 3.10. The Labute approximate surface area is 206 Å². The number of carbonyl (C=O) groups is 1. The first-order chi connectivity index (χ1) is 16.8. The molecular weight excluding hydrogens is 464 g/mol. The van der Waals surface area contributed by atoms with Crippen LogP contribution in [0.15, 0.2) is 65.8 Å². The third kappa shape index (κ3) is 6.17. The summed E-state index contributed by atoms with van der Waals surface area (Å²) >= 11 is 0. The molecule has 2 heterocycles. The minimum atomic E-state index is -3.47. The lowest BCUT2D eigenvalue weighted by molar-refractivity contribution is -0.116. The fraction of sp³-hybridized carbons (Fsp3) is 0.385. The molecule has 8 nitrogen and oxygen atoms in total. The number of rotatable bonds is 8. The Morgan fingerprint density at radius 1 is 1.03 bits per heavy atom. The van der Waals surface area contributed by atoms with Crippen LogP contribution in [-0.2, 0) is 28.3 Å². The van der Waals surface area contributed by atoms with Crippen molar-refractivity contribution in [2.75, 3.05) is 18.4 Å². The third-order valence-electron chi connectivity index (χ3n) is 6.38. The maximum Gasteiger partial charge on any atom is 0.243 e. The van der Waals surface area contributed by atoms with Crippen molar-refractivity contribution in [1.82, 2.24) is 13.9 Å². The molecule has 0 unspecified atom stereocenters. The number of aliphatic hydroxyl groups excluding tert-OH is 1. The van der Waals surface area contributed by atoms with E-state index in [9.17, 15) is 18.3 Å². The van der Waals surface area contributed by atoms with Crippen LogP contribution in [0.3, 0.4) is 0 Å². The van der Waals surface area contributed by atoms with Gasteiger partial charge in [-0.05, 0) is 54.7 Å². The Morgan fingerprint density at radius 3 is 2.29 bits per heavy atom. The van der Waals surface area contributed by atoms with Crippen LogP contribution in [0.5, 0.6) is 0 Å². The highest BCUT2D eigenvalue weighted by Crippen LogP contribution is 2.23. The number of sulfonamides is 1. The first-order valence-electron chi connectivity index (χ1n) is 12.0. The number of hydrogen-bond acceptors (Lipinski definition) is 5. The van der Waals surface area contributed by atoms with E-state index in [1.165, 1.54) is 0 Å². The van der Waals surface area contributed by atoms with Gasteiger partial charge >= 0.3 is 0 Å². The maximum absolute atomic E-state index is 12.9. The lowest BCUT2D eigenvalue weighted by Crippen LogP contribution is -2.31. The van der Waals surface area contributed by atoms with Gasteiger partial charge in [-0.3, -0.25) is 4.79 Å². The summed E-state index contributed by atoms with van der Waals surface area (Å²) < 4.78 is 29.2. The maximum atomic E-state index is 12.9. The molecular formula is C26H32N4O4S. The van der Waals surface area contributed by atoms with E-state index in [1.54, 1.807) is 69.8 Å². The van der Waals surface area contributed by atoms with Crippen molar-refractivity contribution in [2.45, 2.75) is 49.5 Å². The second-order valence-electron chi connectivity index (χ2n) is 8.93. The predicted octanol–water partition coefficient (Wildman–Crippen LogP) is 3.64. The number of nitrogens with one attached hydrogen (secondary N) is 1. The number of carbonyl (C=O) groups excluding carboxylic acids is 1. The molecule has 1 saturated heterocycles. The van der Waals surface area contributed by atoms with Crippen LogP contribution in [-0.4, -0.2) is 46.4 Å². The van der Waals surface area contributed by atoms with Crippen LogP contribution in [0.25, 0.3) is 0 Å². The van der Waals surface area contributed by atoms with Gasteiger partial charge in [0.15, 0.2) is 0 Å². The lowest BCUT2D eigenvalue weighted by Gasteiger charge is -2.20. The molecule has 0 spiro atoms. The fourth-order valence-electron chi connectivity index (χ4n) is 4.28. The largest absolute Gasteiger partial charge is 0.380 e. The van der Waals surface area contributed by atoms with E-state index in [0.717, 1.165) is 31.2 Å². The monoisotopic (exact) mass is 496 g/mol. The molecule has 1 atom stereocenters. The van der Waals surface area contributed by atoms with Crippen LogP contribution < -0.4 is 5.32 Å². The smallest absolute Gasteiger partial charge is 0.243 e. The van der Waals surface area contributed by atoms with E-state index in [0.29, 0.717) is 41.5 Å². The van der Waals surface area contributed by atoms with Crippen molar-refractivity contribution in [1.29, 1.82) is 0 Å². The average molecular weight is 497 g/mol. The number of imidazole rings is 1. The van der Waals surface area contributed by atoms with E-state index < -0.39 is 16.1 Å². The molecule has 2 aromatic carbocycles. The standard InChI is InChI=1S/C26H32N4O4S/c1-29-19-16-27-26(29)25(32)21-9-11-22(12-10-21)28-24(31)15-8-20-6-13-23(14-7-20)35(33,34)30-17-4-2-3-5-18-30/h6-7,9-14,16,19,25,32H,2-5,8,15,17-18H2,1H3,(H,28,31)/t25-/m1/s1. The Morgan fingerprint density at radius 2 is 1.69 bits per heavy atom. The zero-order valence-electron chi connectivity index (χ0n) is 19.9. The highest BCUT2D eigenvalue weighted by atomic mass is 32.2. The van der Waals surface area contributed by atoms with Crippen molar-refractivity contribution in [2.24, 2.45) is 7.05 Å². The quantitative estimate of drug-likeness (QED) is 0.496. The molecule has 3 aromatic rings. The second kappa shape index (κ2) is 11.2. The third-order valence-corrected chi connectivity index (χ3v) is 8.29. The Kier molecular flexibility index (Phi) is 8.00. The number of aryl methyl sites for hydroxylation is 2. The van der Waals surface area contributed by atoms with Crippen LogP contribution in [0.4, 0.5) is 5.69 Å². The van der Waals surface area contributed by atoms with Crippen molar-refractivity contribution >= 4 is 21.6 Å². The van der Waals surface area contributed by atoms with Gasteiger partial charge in [0.25, 0.3) is 0 Å². The van der Waals surface area contributed by atoms with Gasteiger partial charge in [-0.25, -0.2) is 13.4 Å². The van der Waals surface area contributed by atoms with Gasteiger partial charge < -0.3 is 15.0 Å². The Balaban J connectivity index is 1.29. The SMILES string of the molecule is Cn1ccnc1[C@H](O)c1ccc(NC(=O)CCc2ccc(S(=O)(=O)N3CCCCCC3)cc2)cc1. The summed E-state index contributed by atoms with van der Waals surface area (Å²) in [5.41, 5.74) is 2.24. The summed E-state index contributed by atoms with van der Waals surface area (Å²) in [6.07, 6.45) is 7.30. The summed E-state index contributed by atoms with van der Waals surface area (Å²) in [6, 6.07) is 13.9. The van der Waals surface area contributed by atoms with E-state index in [-0.39, 0.29) is 12.3 Å². The molecule has 1 fully saturated rings. The molecule has 9 heteroatoms. The molecule has 1 aliphatic heterocycles. The minimum Gasteiger partial charge on any atom is -0.380 e. The van der Waals surface area contributed by atoms with Gasteiger partial charge in [0.05, 0.1) is 4.90 Å². The van der Waals surface area contributed by atoms with Crippen LogP contribution in [0.2, 0.25) is 0 Å². The highest BCUT2D eigenvalue weighted by molar-refractivity contribution is 7.89. The normalized spacial score (nSPS) is 15.9. The van der Waals surface area contributed by atoms with Crippen molar-refractivity contribution in [3.8, 4) is 0 Å². The number of aliphatic hydroxyl groups is 1. The summed E-state index contributed by atoms with van der Waals surface area (Å²) in [4.78, 5) is 16.9. The van der Waals surface area contributed by atoms with Gasteiger partial charge in [0.1, 0.15) is 11.9 Å². The molecule has 0 saturated carbocycles. The number of anilines is 1. The number of hydrogen-bond donors (Lipinski definition) is 2. The van der Waals surface area contributed by atoms with Crippen LogP contribution in [0, 0.1) is 0 Å². The highest BCUT2D eigenvalue weighted by Gasteiger charge is 2.25. The van der Waals surface area contributed by atoms with Crippen molar-refractivity contribution in [3.05, 3.63) is 77.9 Å². The zero-order chi connectivity index (χ0) is 24.8. The molecule has 0 radical (unpaired) electrons. The molecule has 0 bridgehead atoms. The van der Waals surface area contributed by atoms with Gasteiger partial charge in [-0.1, -0.05) is 37.1 Å². The first kappa shape index (κ1) is 25.1. The molecule has 0 aliphatic carbocycles. The van der Waals surface area contributed by atoms with Crippen molar-refractivity contribution in [3.63, 3.8) is 0 Å². The zero-order valence-corrected chi connectivity index (χ0v) is 20.7. The topological polar surface area (TPSA) is 105 Å². The first-order valence-corrected chi connectivity index (χ1v) is 13.4. The van der Waals surface area contributed by atoms with Gasteiger partial charge in [-0.2, -0.15) is 4.31 Å². The predicted molar refractivity (Wildman–Crippen MR) is 134 cm³/mol. The summed E-state index contributed by atoms with van der Waals surface area (Å²) in [6.45, 7) is 1.15. The van der Waals surface area contributed by atoms with Crippen LogP contribution >= 0.6 is 0 Å². The second-order valence-corrected chi connectivity index (χ2v) is 10.9. The summed E-state index contributed by atoms with van der Waals surface area (Å²) in [7, 11) is -1.65. The Bertz CT molecular complexity index is 1230. The van der Waals surface area contributed by atoms with Crippen molar-refractivity contribution < 1.29 is 18.3 Å². The minimum absolute atomic E-state index is 0.135. The van der Waals surface area contributed by atoms with Gasteiger partial charge in [-0.15, -0.1) is 0 Å². The lowest BCUT2D eigenvalue weighted by atomic mass is 10.1. The van der Waals surface area contributed by atoms with Gasteiger partial charge in [0.2, 0.25) is 15.9 Å². The molecule has 1 aromatic heterocycles. The number of aromatic nitrogens is 2. The van der Waals surface area contributed by atoms with E-state index in [4.69, 9.17) is 0 Å². The van der Waals surface area contributed by atoms with Crippen LogP contribution in [0.1, 0.15) is 55.2 Å². The number of amides is 1. The van der Waals surface area contributed by atoms with E-state index in [2.05, 4.69) is 10.3 Å². The molecule has 35 heavy (non-hydrogen) atoms. The number of nitrogens with zero attached hydrogens (tertiary/aromatic N) is 3. The molecule has 4 rings (SSSR count). The van der Waals surface area contributed by atoms with E-state index >= 15 is 0 Å². The van der Waals surface area contributed by atoms with Gasteiger partial charge in [0, 0.05) is 44.6 Å². The number of benzene rings is 2. The molecule has 2 N–H and O–H groups in total. The Hall–Kier alpha value is -3.01. The summed E-state index contributed by atoms with van der Waals surface area (Å²) in [5.74, 6) is 0.413. The molecule has 186 valence electrons. The summed E-state index contributed by atoms with van der Waals surface area (Å²) in [5, 5.41) is 13.4. The fourth-order valence-corrected chi connectivity index (χ4v) is 5.80. The molecule has 1 amide bonds. The van der Waals surface area contributed by atoms with E-state index in [1.807, 2.05) is 7.05 Å². The molecule has 1 aliphatic rings.